The van der Waals surface area contributed by atoms with Crippen LogP contribution in [0.25, 0.3) is 0 Å². The lowest BCUT2D eigenvalue weighted by molar-refractivity contribution is -0.274. The van der Waals surface area contributed by atoms with Crippen molar-refractivity contribution >= 4 is 29.2 Å². The van der Waals surface area contributed by atoms with Gasteiger partial charge >= 0.3 is 18.2 Å². The first-order valence-corrected chi connectivity index (χ1v) is 8.58. The zero-order chi connectivity index (χ0) is 22.2. The van der Waals surface area contributed by atoms with E-state index in [4.69, 9.17) is 18.0 Å². The Kier molecular flexibility index (Phi) is 6.04. The second-order valence-corrected chi connectivity index (χ2v) is 7.00. The number of carboxylic acid groups (broad SMARTS) is 1. The lowest BCUT2D eigenvalue weighted by atomic mass is 9.78. The van der Waals surface area contributed by atoms with E-state index in [1.165, 1.54) is 6.92 Å². The van der Waals surface area contributed by atoms with E-state index in [0.29, 0.717) is 4.90 Å². The normalized spacial score (nSPS) is 17.9. The van der Waals surface area contributed by atoms with Gasteiger partial charge in [0, 0.05) is 12.8 Å². The number of hydrogen-bond donors (Lipinski definition) is 1. The summed E-state index contributed by atoms with van der Waals surface area (Å²) in [5.74, 6) is -4.86. The Morgan fingerprint density at radius 2 is 1.79 bits per heavy atom. The van der Waals surface area contributed by atoms with Gasteiger partial charge in [0.1, 0.15) is 11.3 Å². The van der Waals surface area contributed by atoms with Gasteiger partial charge in [0.15, 0.2) is 0 Å². The largest absolute Gasteiger partial charge is 0.573 e. The Hall–Kier alpha value is -2.54. The van der Waals surface area contributed by atoms with Crippen LogP contribution in [0.4, 0.5) is 27.6 Å². The Balaban J connectivity index is 2.61. The topological polar surface area (TPSA) is 66.8 Å². The molecule has 1 aliphatic rings. The van der Waals surface area contributed by atoms with Gasteiger partial charge in [-0.2, -0.15) is 0 Å². The number of nitrogens with zero attached hydrogens (tertiary/aromatic N) is 1. The van der Waals surface area contributed by atoms with E-state index in [2.05, 4.69) is 4.74 Å². The number of anilines is 1. The maximum Gasteiger partial charge on any atom is 0.573 e. The average molecular weight is 440 g/mol. The van der Waals surface area contributed by atoms with Crippen molar-refractivity contribution < 1.29 is 41.4 Å². The van der Waals surface area contributed by atoms with Gasteiger partial charge in [-0.25, -0.2) is 13.6 Å². The van der Waals surface area contributed by atoms with E-state index in [-0.39, 0.29) is 11.3 Å². The molecule has 0 aliphatic heterocycles. The van der Waals surface area contributed by atoms with Gasteiger partial charge in [-0.3, -0.25) is 9.69 Å². The van der Waals surface area contributed by atoms with E-state index in [1.807, 2.05) is 0 Å². The number of hydrogen-bond acceptors (Lipinski definition) is 3. The van der Waals surface area contributed by atoms with Gasteiger partial charge in [0.2, 0.25) is 5.92 Å². The van der Waals surface area contributed by atoms with Crippen molar-refractivity contribution in [2.75, 3.05) is 4.90 Å². The summed E-state index contributed by atoms with van der Waals surface area (Å²) < 4.78 is 68.6. The molecular formula is C18H15ClF5NO4. The number of carboxylic acids is 1. The molecule has 1 fully saturated rings. The summed E-state index contributed by atoms with van der Waals surface area (Å²) in [4.78, 5) is 25.1. The number of carbonyl (C=O) groups excluding carboxylic acids is 1. The third-order valence-corrected chi connectivity index (χ3v) is 4.97. The van der Waals surface area contributed by atoms with Crippen molar-refractivity contribution in [1.82, 2.24) is 0 Å². The van der Waals surface area contributed by atoms with Crippen LogP contribution in [-0.4, -0.2) is 34.8 Å². The van der Waals surface area contributed by atoms with Crippen LogP contribution < -0.4 is 9.64 Å². The maximum absolute atomic E-state index is 13.6. The summed E-state index contributed by atoms with van der Waals surface area (Å²) in [6.45, 7) is 1.28. The first-order chi connectivity index (χ1) is 13.2. The molecule has 0 unspecified atom stereocenters. The highest BCUT2D eigenvalue weighted by molar-refractivity contribution is 6.32. The van der Waals surface area contributed by atoms with Crippen molar-refractivity contribution in [2.24, 2.45) is 0 Å². The SMILES string of the molecule is C#CC(=O)N(c1cc(Cl)c(OC(F)(F)F)cc1C)C1(C(=O)O)CCC(F)(F)CC1. The Morgan fingerprint density at radius 1 is 1.24 bits per heavy atom. The summed E-state index contributed by atoms with van der Waals surface area (Å²) in [5.41, 5.74) is -2.33. The zero-order valence-electron chi connectivity index (χ0n) is 14.9. The predicted molar refractivity (Wildman–Crippen MR) is 93.0 cm³/mol. The standard InChI is InChI=1S/C18H15ClF5NO4/c1-3-14(26)25(16(15(27)28)4-6-17(20,21)7-5-16)12-9-11(19)13(8-10(12)2)29-18(22,23)24/h1,8-9H,4-7H2,2H3,(H,27,28). The molecule has 5 nitrogen and oxygen atoms in total. The molecule has 1 N–H and O–H groups in total. The van der Waals surface area contributed by atoms with Gasteiger partial charge in [0.25, 0.3) is 0 Å². The Morgan fingerprint density at radius 3 is 2.24 bits per heavy atom. The van der Waals surface area contributed by atoms with Crippen molar-refractivity contribution in [3.05, 3.63) is 22.7 Å². The number of aryl methyl sites for hydroxylation is 1. The van der Waals surface area contributed by atoms with Gasteiger partial charge in [-0.15, -0.1) is 19.6 Å². The molecule has 1 amide bonds. The number of aliphatic carboxylic acids is 1. The van der Waals surface area contributed by atoms with Crippen molar-refractivity contribution in [3.63, 3.8) is 0 Å². The van der Waals surface area contributed by atoms with E-state index in [1.54, 1.807) is 5.92 Å². The molecule has 1 aliphatic carbocycles. The fraction of sp³-hybridized carbons (Fsp3) is 0.444. The number of terminal acetylenes is 1. The molecule has 1 aromatic rings. The zero-order valence-corrected chi connectivity index (χ0v) is 15.7. The summed E-state index contributed by atoms with van der Waals surface area (Å²) in [6, 6.07) is 1.75. The number of alkyl halides is 5. The van der Waals surface area contributed by atoms with E-state index in [0.717, 1.165) is 12.1 Å². The first kappa shape index (κ1) is 22.7. The average Bonchev–Trinajstić information content (AvgIpc) is 2.59. The molecule has 1 aromatic carbocycles. The molecule has 0 bridgehead atoms. The molecule has 0 atom stereocenters. The van der Waals surface area contributed by atoms with Crippen LogP contribution in [0.15, 0.2) is 12.1 Å². The first-order valence-electron chi connectivity index (χ1n) is 8.20. The molecule has 0 aromatic heterocycles. The number of rotatable bonds is 4. The van der Waals surface area contributed by atoms with Crippen LogP contribution in [0, 0.1) is 19.3 Å². The molecule has 0 saturated heterocycles. The molecule has 2 rings (SSSR count). The smallest absolute Gasteiger partial charge is 0.479 e. The molecule has 29 heavy (non-hydrogen) atoms. The number of benzene rings is 1. The van der Waals surface area contributed by atoms with Gasteiger partial charge in [-0.05, 0) is 43.4 Å². The predicted octanol–water partition coefficient (Wildman–Crippen LogP) is 4.55. The minimum Gasteiger partial charge on any atom is -0.479 e. The monoisotopic (exact) mass is 439 g/mol. The lowest BCUT2D eigenvalue weighted by Crippen LogP contribution is -2.60. The van der Waals surface area contributed by atoms with Crippen molar-refractivity contribution in [1.29, 1.82) is 0 Å². The second kappa shape index (κ2) is 7.71. The molecule has 0 radical (unpaired) electrons. The second-order valence-electron chi connectivity index (χ2n) is 6.59. The number of amides is 1. The van der Waals surface area contributed by atoms with Crippen LogP contribution in [0.1, 0.15) is 31.2 Å². The molecule has 1 saturated carbocycles. The third-order valence-electron chi connectivity index (χ3n) is 4.68. The van der Waals surface area contributed by atoms with E-state index >= 15 is 0 Å². The van der Waals surface area contributed by atoms with Gasteiger partial charge in [0.05, 0.1) is 10.7 Å². The third kappa shape index (κ3) is 4.72. The highest BCUT2D eigenvalue weighted by Crippen LogP contribution is 2.45. The Bertz CT molecular complexity index is 868. The maximum atomic E-state index is 13.6. The number of halogens is 6. The minimum absolute atomic E-state index is 0.0183. The quantitative estimate of drug-likeness (QED) is 0.552. The van der Waals surface area contributed by atoms with Gasteiger partial charge in [-0.1, -0.05) is 11.6 Å². The highest BCUT2D eigenvalue weighted by Gasteiger charge is 2.54. The molecule has 0 heterocycles. The fourth-order valence-corrected chi connectivity index (χ4v) is 3.45. The van der Waals surface area contributed by atoms with Crippen LogP contribution in [-0.2, 0) is 9.59 Å². The Labute approximate surface area is 167 Å². The summed E-state index contributed by atoms with van der Waals surface area (Å²) in [7, 11) is 0. The molecule has 11 heteroatoms. The highest BCUT2D eigenvalue weighted by atomic mass is 35.5. The summed E-state index contributed by atoms with van der Waals surface area (Å²) >= 11 is 5.83. The molecule has 158 valence electrons. The van der Waals surface area contributed by atoms with Crippen molar-refractivity contribution in [2.45, 2.75) is 50.4 Å². The van der Waals surface area contributed by atoms with Crippen LogP contribution >= 0.6 is 11.6 Å². The van der Waals surface area contributed by atoms with Gasteiger partial charge < -0.3 is 9.84 Å². The summed E-state index contributed by atoms with van der Waals surface area (Å²) in [6.07, 6.45) is -2.74. The van der Waals surface area contributed by atoms with E-state index < -0.39 is 66.2 Å². The van der Waals surface area contributed by atoms with Crippen LogP contribution in [0.2, 0.25) is 5.02 Å². The van der Waals surface area contributed by atoms with E-state index in [9.17, 15) is 36.6 Å². The molecular weight excluding hydrogens is 425 g/mol. The number of ether oxygens (including phenoxy) is 1. The van der Waals surface area contributed by atoms with Crippen LogP contribution in [0.3, 0.4) is 0 Å². The fourth-order valence-electron chi connectivity index (χ4n) is 3.25. The van der Waals surface area contributed by atoms with Crippen molar-refractivity contribution in [3.8, 4) is 18.1 Å². The summed E-state index contributed by atoms with van der Waals surface area (Å²) in [5, 5.41) is 9.22. The number of carbonyl (C=O) groups is 2. The lowest BCUT2D eigenvalue weighted by Gasteiger charge is -2.44. The minimum atomic E-state index is -5.04. The molecule has 0 spiro atoms. The van der Waals surface area contributed by atoms with Crippen LogP contribution in [0.5, 0.6) is 5.75 Å².